The molecule has 0 aliphatic heterocycles. The van der Waals surface area contributed by atoms with E-state index in [9.17, 15) is 0 Å². The van der Waals surface area contributed by atoms with Gasteiger partial charge in [0.05, 0.1) is 12.2 Å². The van der Waals surface area contributed by atoms with Crippen LogP contribution in [0.5, 0.6) is 5.75 Å². The van der Waals surface area contributed by atoms with Crippen molar-refractivity contribution in [2.24, 2.45) is 5.73 Å². The van der Waals surface area contributed by atoms with E-state index in [1.54, 1.807) is 0 Å². The number of nitrogens with zero attached hydrogens (tertiary/aromatic N) is 1. The lowest BCUT2D eigenvalue weighted by atomic mass is 10.2. The Labute approximate surface area is 126 Å². The molecule has 112 valence electrons. The summed E-state index contributed by atoms with van der Waals surface area (Å²) in [5.41, 5.74) is 6.47. The van der Waals surface area contributed by atoms with Crippen LogP contribution < -0.4 is 10.5 Å². The second-order valence-electron chi connectivity index (χ2n) is 4.34. The summed E-state index contributed by atoms with van der Waals surface area (Å²) in [5, 5.41) is 0. The number of rotatable bonds is 10. The van der Waals surface area contributed by atoms with Crippen molar-refractivity contribution in [1.82, 2.24) is 4.90 Å². The van der Waals surface area contributed by atoms with Gasteiger partial charge in [-0.2, -0.15) is 0 Å². The predicted molar refractivity (Wildman–Crippen MR) is 86.4 cm³/mol. The van der Waals surface area contributed by atoms with E-state index in [2.05, 4.69) is 11.8 Å². The van der Waals surface area contributed by atoms with Gasteiger partial charge in [0.1, 0.15) is 17.3 Å². The molecule has 4 nitrogen and oxygen atoms in total. The highest BCUT2D eigenvalue weighted by atomic mass is 32.1. The molecule has 0 amide bonds. The lowest BCUT2D eigenvalue weighted by molar-refractivity contribution is 0.108. The molecule has 0 aromatic heterocycles. The zero-order chi connectivity index (χ0) is 14.8. The summed E-state index contributed by atoms with van der Waals surface area (Å²) in [5.74, 6) is 0.751. The predicted octanol–water partition coefficient (Wildman–Crippen LogP) is 2.06. The van der Waals surface area contributed by atoms with Gasteiger partial charge in [-0.1, -0.05) is 31.3 Å². The Bertz CT molecular complexity index is 413. The van der Waals surface area contributed by atoms with Gasteiger partial charge in [0.2, 0.25) is 0 Å². The molecule has 0 saturated heterocycles. The van der Waals surface area contributed by atoms with Gasteiger partial charge in [-0.15, -0.1) is 0 Å². The summed E-state index contributed by atoms with van der Waals surface area (Å²) in [6.07, 6.45) is 0. The highest BCUT2D eigenvalue weighted by Gasteiger charge is 2.07. The van der Waals surface area contributed by atoms with E-state index in [4.69, 9.17) is 27.4 Å². The number of hydrogen-bond donors (Lipinski definition) is 1. The molecule has 0 aliphatic carbocycles. The minimum absolute atomic E-state index is 0.365. The average molecular weight is 296 g/mol. The Morgan fingerprint density at radius 2 is 1.90 bits per heavy atom. The number of para-hydroxylation sites is 1. The van der Waals surface area contributed by atoms with Gasteiger partial charge >= 0.3 is 0 Å². The van der Waals surface area contributed by atoms with E-state index in [1.807, 2.05) is 31.2 Å². The van der Waals surface area contributed by atoms with E-state index >= 15 is 0 Å². The number of ether oxygens (including phenoxy) is 2. The topological polar surface area (TPSA) is 47.7 Å². The molecular formula is C15H24N2O2S. The van der Waals surface area contributed by atoms with Crippen molar-refractivity contribution in [2.75, 3.05) is 39.5 Å². The maximum absolute atomic E-state index is 5.79. The fourth-order valence-electron chi connectivity index (χ4n) is 1.85. The first-order chi connectivity index (χ1) is 9.69. The number of hydrogen-bond acceptors (Lipinski definition) is 4. The molecule has 5 heteroatoms. The number of benzene rings is 1. The lowest BCUT2D eigenvalue weighted by Gasteiger charge is -2.20. The average Bonchev–Trinajstić information content (AvgIpc) is 2.46. The molecule has 0 radical (unpaired) electrons. The molecule has 0 spiro atoms. The Balaban J connectivity index is 2.41. The molecule has 0 saturated carbocycles. The molecule has 2 N–H and O–H groups in total. The van der Waals surface area contributed by atoms with E-state index < -0.39 is 0 Å². The van der Waals surface area contributed by atoms with Gasteiger partial charge in [-0.3, -0.25) is 4.90 Å². The molecule has 0 bridgehead atoms. The Morgan fingerprint density at radius 1 is 1.20 bits per heavy atom. The van der Waals surface area contributed by atoms with Gasteiger partial charge < -0.3 is 15.2 Å². The summed E-state index contributed by atoms with van der Waals surface area (Å²) in [4.78, 5) is 2.66. The summed E-state index contributed by atoms with van der Waals surface area (Å²) < 4.78 is 11.2. The van der Waals surface area contributed by atoms with Gasteiger partial charge in [-0.05, 0) is 25.6 Å². The molecule has 1 aromatic rings. The third-order valence-corrected chi connectivity index (χ3v) is 3.24. The summed E-state index contributed by atoms with van der Waals surface area (Å²) in [6.45, 7) is 9.02. The van der Waals surface area contributed by atoms with Crippen LogP contribution in [0.2, 0.25) is 0 Å². The molecule has 0 fully saturated rings. The Morgan fingerprint density at radius 3 is 2.55 bits per heavy atom. The molecule has 0 heterocycles. The minimum Gasteiger partial charge on any atom is -0.492 e. The van der Waals surface area contributed by atoms with E-state index in [0.29, 0.717) is 11.6 Å². The van der Waals surface area contributed by atoms with Crippen LogP contribution in [-0.4, -0.2) is 49.3 Å². The van der Waals surface area contributed by atoms with Crippen molar-refractivity contribution in [3.05, 3.63) is 29.8 Å². The van der Waals surface area contributed by atoms with Crippen LogP contribution in [0.1, 0.15) is 19.4 Å². The highest BCUT2D eigenvalue weighted by Crippen LogP contribution is 2.17. The van der Waals surface area contributed by atoms with Crippen LogP contribution in [0.25, 0.3) is 0 Å². The van der Waals surface area contributed by atoms with Crippen LogP contribution in [0.15, 0.2) is 24.3 Å². The molecule has 1 aromatic carbocycles. The lowest BCUT2D eigenvalue weighted by Crippen LogP contribution is -2.31. The maximum Gasteiger partial charge on any atom is 0.129 e. The van der Waals surface area contributed by atoms with Crippen LogP contribution in [0, 0.1) is 0 Å². The number of likely N-dealkylation sites (N-methyl/N-ethyl adjacent to an activating group) is 1. The smallest absolute Gasteiger partial charge is 0.129 e. The SMILES string of the molecule is CCOCCN(CC)CCOc1ccccc1C(N)=S. The quantitative estimate of drug-likeness (QED) is 0.529. The second kappa shape index (κ2) is 9.69. The van der Waals surface area contributed by atoms with Gasteiger partial charge in [-0.25, -0.2) is 0 Å². The van der Waals surface area contributed by atoms with Gasteiger partial charge in [0.15, 0.2) is 0 Å². The van der Waals surface area contributed by atoms with Gasteiger partial charge in [0, 0.05) is 19.7 Å². The molecule has 20 heavy (non-hydrogen) atoms. The number of nitrogens with two attached hydrogens (primary N) is 1. The molecule has 0 aliphatic rings. The van der Waals surface area contributed by atoms with E-state index in [0.717, 1.165) is 44.2 Å². The monoisotopic (exact) mass is 296 g/mol. The summed E-state index contributed by atoms with van der Waals surface area (Å²) in [7, 11) is 0. The first-order valence-electron chi connectivity index (χ1n) is 7.00. The summed E-state index contributed by atoms with van der Waals surface area (Å²) >= 11 is 5.02. The Kier molecular flexibility index (Phi) is 8.18. The van der Waals surface area contributed by atoms with Crippen LogP contribution in [0.4, 0.5) is 0 Å². The highest BCUT2D eigenvalue weighted by molar-refractivity contribution is 7.80. The normalized spacial score (nSPS) is 10.8. The van der Waals surface area contributed by atoms with Crippen molar-refractivity contribution in [1.29, 1.82) is 0 Å². The number of thiocarbonyl (C=S) groups is 1. The second-order valence-corrected chi connectivity index (χ2v) is 4.78. The van der Waals surface area contributed by atoms with Crippen molar-refractivity contribution >= 4 is 17.2 Å². The van der Waals surface area contributed by atoms with Crippen LogP contribution >= 0.6 is 12.2 Å². The molecule has 0 atom stereocenters. The van der Waals surface area contributed by atoms with Crippen molar-refractivity contribution < 1.29 is 9.47 Å². The largest absolute Gasteiger partial charge is 0.492 e. The van der Waals surface area contributed by atoms with Crippen molar-refractivity contribution in [2.45, 2.75) is 13.8 Å². The van der Waals surface area contributed by atoms with Crippen molar-refractivity contribution in [3.8, 4) is 5.75 Å². The fourth-order valence-corrected chi connectivity index (χ4v) is 2.02. The minimum atomic E-state index is 0.365. The zero-order valence-corrected chi connectivity index (χ0v) is 13.1. The third kappa shape index (κ3) is 5.86. The first-order valence-corrected chi connectivity index (χ1v) is 7.41. The molecule has 0 unspecified atom stereocenters. The van der Waals surface area contributed by atoms with Gasteiger partial charge in [0.25, 0.3) is 0 Å². The first kappa shape index (κ1) is 16.9. The maximum atomic E-state index is 5.79. The zero-order valence-electron chi connectivity index (χ0n) is 12.3. The summed E-state index contributed by atoms with van der Waals surface area (Å²) in [6, 6.07) is 7.60. The molecule has 1 rings (SSSR count). The molecular weight excluding hydrogens is 272 g/mol. The van der Waals surface area contributed by atoms with E-state index in [-0.39, 0.29) is 0 Å². The Hall–Kier alpha value is -1.17. The van der Waals surface area contributed by atoms with Crippen molar-refractivity contribution in [3.63, 3.8) is 0 Å². The van der Waals surface area contributed by atoms with E-state index in [1.165, 1.54) is 0 Å². The van der Waals surface area contributed by atoms with Crippen LogP contribution in [-0.2, 0) is 4.74 Å². The van der Waals surface area contributed by atoms with Crippen LogP contribution in [0.3, 0.4) is 0 Å². The standard InChI is InChI=1S/C15H24N2O2S/c1-3-17(9-11-18-4-2)10-12-19-14-8-6-5-7-13(14)15(16)20/h5-8H,3-4,9-12H2,1-2H3,(H2,16,20). The fraction of sp³-hybridized carbons (Fsp3) is 0.533. The third-order valence-electron chi connectivity index (χ3n) is 3.02.